The van der Waals surface area contributed by atoms with E-state index in [0.717, 1.165) is 32.6 Å². The smallest absolute Gasteiger partial charge is 0.220 e. The zero-order valence-corrected chi connectivity index (χ0v) is 15.4. The number of carbonyl (C=O) groups excluding carboxylic acids is 1. The minimum Gasteiger partial charge on any atom is -0.352 e. The first-order valence-corrected chi connectivity index (χ1v) is 9.39. The molecule has 1 amide bonds. The Morgan fingerprint density at radius 3 is 2.71 bits per heavy atom. The van der Waals surface area contributed by atoms with Crippen molar-refractivity contribution >= 4 is 33.2 Å². The molecule has 0 aliphatic heterocycles. The summed E-state index contributed by atoms with van der Waals surface area (Å²) < 4.78 is 1.05. The molecule has 0 aliphatic carbocycles. The number of rotatable bonds is 6. The van der Waals surface area contributed by atoms with E-state index in [0.29, 0.717) is 13.0 Å². The fourth-order valence-corrected chi connectivity index (χ4v) is 3.69. The Bertz CT molecular complexity index is 818. The Balaban J connectivity index is 1.58. The topological polar surface area (TPSA) is 42.0 Å². The van der Waals surface area contributed by atoms with Crippen LogP contribution in [0.25, 0.3) is 10.6 Å². The van der Waals surface area contributed by atoms with Gasteiger partial charge >= 0.3 is 0 Å². The standard InChI is InChI=1S/C19H17BrN2OS/c20-16-7-2-1-5-14(16)9-10-18(23)22-13-15-6-3-11-21-19(15)17-8-4-12-24-17/h1-8,11-12H,9-10,13H2,(H,22,23). The van der Waals surface area contributed by atoms with E-state index in [1.54, 1.807) is 17.5 Å². The number of aromatic nitrogens is 1. The number of amides is 1. The van der Waals surface area contributed by atoms with E-state index < -0.39 is 0 Å². The van der Waals surface area contributed by atoms with E-state index in [9.17, 15) is 4.79 Å². The minimum atomic E-state index is 0.0479. The van der Waals surface area contributed by atoms with Gasteiger partial charge in [-0.2, -0.15) is 0 Å². The monoisotopic (exact) mass is 400 g/mol. The molecule has 0 atom stereocenters. The number of aryl methyl sites for hydroxylation is 1. The number of nitrogens with one attached hydrogen (secondary N) is 1. The van der Waals surface area contributed by atoms with Gasteiger partial charge in [0.15, 0.2) is 0 Å². The van der Waals surface area contributed by atoms with Crippen LogP contribution < -0.4 is 5.32 Å². The summed E-state index contributed by atoms with van der Waals surface area (Å²) in [5.41, 5.74) is 3.13. The molecule has 0 aliphatic rings. The van der Waals surface area contributed by atoms with Crippen LogP contribution in [0.3, 0.4) is 0 Å². The zero-order chi connectivity index (χ0) is 16.8. The Hall–Kier alpha value is -1.98. The van der Waals surface area contributed by atoms with Gasteiger partial charge < -0.3 is 5.32 Å². The first kappa shape index (κ1) is 16.9. The predicted octanol–water partition coefficient (Wildman–Crippen LogP) is 4.82. The molecule has 0 radical (unpaired) electrons. The molecule has 5 heteroatoms. The molecule has 0 saturated heterocycles. The van der Waals surface area contributed by atoms with Crippen LogP contribution in [-0.2, 0) is 17.8 Å². The summed E-state index contributed by atoms with van der Waals surface area (Å²) in [5, 5.41) is 5.03. The van der Waals surface area contributed by atoms with Crippen LogP contribution >= 0.6 is 27.3 Å². The van der Waals surface area contributed by atoms with Gasteiger partial charge in [0, 0.05) is 23.6 Å². The molecule has 3 nitrogen and oxygen atoms in total. The fourth-order valence-electron chi connectivity index (χ4n) is 2.45. The molecule has 0 saturated carbocycles. The van der Waals surface area contributed by atoms with Crippen molar-refractivity contribution in [3.63, 3.8) is 0 Å². The number of hydrogen-bond donors (Lipinski definition) is 1. The molecular weight excluding hydrogens is 384 g/mol. The molecule has 3 aromatic rings. The molecule has 122 valence electrons. The Morgan fingerprint density at radius 2 is 1.92 bits per heavy atom. The van der Waals surface area contributed by atoms with Crippen molar-refractivity contribution in [3.8, 4) is 10.6 Å². The van der Waals surface area contributed by atoms with Crippen LogP contribution in [0.2, 0.25) is 0 Å². The van der Waals surface area contributed by atoms with Crippen LogP contribution in [-0.4, -0.2) is 10.9 Å². The van der Waals surface area contributed by atoms with Crippen LogP contribution in [0, 0.1) is 0 Å². The highest BCUT2D eigenvalue weighted by molar-refractivity contribution is 9.10. The van der Waals surface area contributed by atoms with Crippen LogP contribution in [0.5, 0.6) is 0 Å². The van der Waals surface area contributed by atoms with Gasteiger partial charge in [0.2, 0.25) is 5.91 Å². The molecule has 24 heavy (non-hydrogen) atoms. The van der Waals surface area contributed by atoms with Crippen LogP contribution in [0.1, 0.15) is 17.5 Å². The second-order valence-corrected chi connectivity index (χ2v) is 7.16. The molecular formula is C19H17BrN2OS. The maximum absolute atomic E-state index is 12.2. The molecule has 0 spiro atoms. The maximum atomic E-state index is 12.2. The van der Waals surface area contributed by atoms with Crippen molar-refractivity contribution < 1.29 is 4.79 Å². The molecule has 1 N–H and O–H groups in total. The van der Waals surface area contributed by atoms with E-state index in [1.165, 1.54) is 0 Å². The van der Waals surface area contributed by atoms with Gasteiger partial charge in [0.25, 0.3) is 0 Å². The largest absolute Gasteiger partial charge is 0.352 e. The quantitative estimate of drug-likeness (QED) is 0.644. The lowest BCUT2D eigenvalue weighted by Gasteiger charge is -2.09. The summed E-state index contributed by atoms with van der Waals surface area (Å²) in [7, 11) is 0. The first-order chi connectivity index (χ1) is 11.7. The molecule has 2 aromatic heterocycles. The van der Waals surface area contributed by atoms with E-state index >= 15 is 0 Å². The summed E-state index contributed by atoms with van der Waals surface area (Å²) in [6.07, 6.45) is 2.97. The lowest BCUT2D eigenvalue weighted by atomic mass is 10.1. The van der Waals surface area contributed by atoms with Gasteiger partial charge in [-0.05, 0) is 41.1 Å². The lowest BCUT2D eigenvalue weighted by molar-refractivity contribution is -0.121. The highest BCUT2D eigenvalue weighted by Crippen LogP contribution is 2.25. The number of pyridine rings is 1. The van der Waals surface area contributed by atoms with Gasteiger partial charge in [-0.3, -0.25) is 9.78 Å². The van der Waals surface area contributed by atoms with E-state index in [2.05, 4.69) is 26.2 Å². The van der Waals surface area contributed by atoms with Gasteiger partial charge in [0.05, 0.1) is 10.6 Å². The fraction of sp³-hybridized carbons (Fsp3) is 0.158. The molecule has 1 aromatic carbocycles. The van der Waals surface area contributed by atoms with Crippen molar-refractivity contribution in [3.05, 3.63) is 75.7 Å². The van der Waals surface area contributed by atoms with Crippen LogP contribution in [0.4, 0.5) is 0 Å². The number of benzene rings is 1. The molecule has 2 heterocycles. The van der Waals surface area contributed by atoms with Crippen molar-refractivity contribution in [1.29, 1.82) is 0 Å². The highest BCUT2D eigenvalue weighted by Gasteiger charge is 2.09. The second kappa shape index (κ2) is 8.22. The normalized spacial score (nSPS) is 10.5. The van der Waals surface area contributed by atoms with Gasteiger partial charge in [-0.25, -0.2) is 0 Å². The number of hydrogen-bond acceptors (Lipinski definition) is 3. The van der Waals surface area contributed by atoms with E-state index in [-0.39, 0.29) is 5.91 Å². The SMILES string of the molecule is O=C(CCc1ccccc1Br)NCc1cccnc1-c1cccs1. The molecule has 3 rings (SSSR count). The number of nitrogens with zero attached hydrogens (tertiary/aromatic N) is 1. The minimum absolute atomic E-state index is 0.0479. The average molecular weight is 401 g/mol. The number of halogens is 1. The average Bonchev–Trinajstić information content (AvgIpc) is 3.14. The maximum Gasteiger partial charge on any atom is 0.220 e. The Kier molecular flexibility index (Phi) is 5.77. The van der Waals surface area contributed by atoms with E-state index in [4.69, 9.17) is 0 Å². The van der Waals surface area contributed by atoms with Crippen LogP contribution in [0.15, 0.2) is 64.6 Å². The van der Waals surface area contributed by atoms with Gasteiger partial charge in [-0.1, -0.05) is 46.3 Å². The van der Waals surface area contributed by atoms with Crippen molar-refractivity contribution in [2.24, 2.45) is 0 Å². The molecule has 0 bridgehead atoms. The Labute approximate surface area is 153 Å². The molecule has 0 unspecified atom stereocenters. The van der Waals surface area contributed by atoms with Gasteiger partial charge in [0.1, 0.15) is 0 Å². The summed E-state index contributed by atoms with van der Waals surface area (Å²) in [4.78, 5) is 17.7. The van der Waals surface area contributed by atoms with Crippen molar-refractivity contribution in [2.45, 2.75) is 19.4 Å². The van der Waals surface area contributed by atoms with Gasteiger partial charge in [-0.15, -0.1) is 11.3 Å². The zero-order valence-electron chi connectivity index (χ0n) is 13.0. The first-order valence-electron chi connectivity index (χ1n) is 7.72. The number of thiophene rings is 1. The summed E-state index contributed by atoms with van der Waals surface area (Å²) >= 11 is 5.17. The summed E-state index contributed by atoms with van der Waals surface area (Å²) in [6, 6.07) is 16.0. The Morgan fingerprint density at radius 1 is 1.08 bits per heavy atom. The highest BCUT2D eigenvalue weighted by atomic mass is 79.9. The van der Waals surface area contributed by atoms with Crippen molar-refractivity contribution in [2.75, 3.05) is 0 Å². The third kappa shape index (κ3) is 4.30. The van der Waals surface area contributed by atoms with Crippen molar-refractivity contribution in [1.82, 2.24) is 10.3 Å². The number of carbonyl (C=O) groups is 1. The third-order valence-electron chi connectivity index (χ3n) is 3.70. The summed E-state index contributed by atoms with van der Waals surface area (Å²) in [5.74, 6) is 0.0479. The predicted molar refractivity (Wildman–Crippen MR) is 102 cm³/mol. The lowest BCUT2D eigenvalue weighted by Crippen LogP contribution is -2.23. The molecule has 0 fully saturated rings. The third-order valence-corrected chi connectivity index (χ3v) is 5.35. The second-order valence-electron chi connectivity index (χ2n) is 5.36. The summed E-state index contributed by atoms with van der Waals surface area (Å²) in [6.45, 7) is 0.496. The van der Waals surface area contributed by atoms with E-state index in [1.807, 2.05) is 53.9 Å².